The number of hydrogen-bond acceptors (Lipinski definition) is 4. The lowest BCUT2D eigenvalue weighted by Crippen LogP contribution is -2.44. The molecule has 82 valence electrons. The fourth-order valence-electron chi connectivity index (χ4n) is 1.52. The first kappa shape index (κ1) is 11.7. The summed E-state index contributed by atoms with van der Waals surface area (Å²) >= 11 is 0. The van der Waals surface area contributed by atoms with Crippen molar-refractivity contribution in [3.05, 3.63) is 0 Å². The average Bonchev–Trinajstić information content (AvgIpc) is 2.09. The molecule has 0 aromatic rings. The zero-order chi connectivity index (χ0) is 10.8. The highest BCUT2D eigenvalue weighted by atomic mass is 32.2. The molecule has 0 aliphatic carbocycles. The lowest BCUT2D eigenvalue weighted by atomic mass is 9.95. The Morgan fingerprint density at radius 2 is 1.79 bits per heavy atom. The Hall–Kier alpha value is -0.420. The fourth-order valence-corrected chi connectivity index (χ4v) is 2.80. The summed E-state index contributed by atoms with van der Waals surface area (Å²) in [6.07, 6.45) is 0.927. The smallest absolute Gasteiger partial charge is 0.152 e. The Balaban J connectivity index is 2.47. The molecule has 14 heavy (non-hydrogen) atoms. The standard InChI is InChI=1S/C9H17NO3S/c1-9(2,8-11)7-10-3-5-14(12,13)6-4-10/h8H,3-7H2,1-2H3. The maximum atomic E-state index is 11.1. The van der Waals surface area contributed by atoms with Crippen molar-refractivity contribution in [2.75, 3.05) is 31.1 Å². The zero-order valence-corrected chi connectivity index (χ0v) is 9.51. The van der Waals surface area contributed by atoms with Crippen LogP contribution in [0.1, 0.15) is 13.8 Å². The Labute approximate surface area is 85.2 Å². The molecule has 0 aromatic heterocycles. The monoisotopic (exact) mass is 219 g/mol. The van der Waals surface area contributed by atoms with Gasteiger partial charge in [0.1, 0.15) is 6.29 Å². The normalized spacial score (nSPS) is 23.3. The van der Waals surface area contributed by atoms with E-state index in [1.165, 1.54) is 0 Å². The zero-order valence-electron chi connectivity index (χ0n) is 8.69. The largest absolute Gasteiger partial charge is 0.303 e. The first-order valence-corrected chi connectivity index (χ1v) is 6.56. The van der Waals surface area contributed by atoms with Gasteiger partial charge in [-0.25, -0.2) is 8.42 Å². The molecule has 5 heteroatoms. The van der Waals surface area contributed by atoms with Crippen LogP contribution in [0.25, 0.3) is 0 Å². The van der Waals surface area contributed by atoms with E-state index < -0.39 is 9.84 Å². The molecule has 0 bridgehead atoms. The summed E-state index contributed by atoms with van der Waals surface area (Å²) in [6.45, 7) is 5.48. The maximum absolute atomic E-state index is 11.1. The van der Waals surface area contributed by atoms with Crippen LogP contribution in [-0.2, 0) is 14.6 Å². The van der Waals surface area contributed by atoms with E-state index in [0.29, 0.717) is 19.6 Å². The van der Waals surface area contributed by atoms with E-state index in [1.807, 2.05) is 18.7 Å². The molecule has 1 aliphatic heterocycles. The van der Waals surface area contributed by atoms with Crippen molar-refractivity contribution in [2.45, 2.75) is 13.8 Å². The quantitative estimate of drug-likeness (QED) is 0.624. The molecule has 1 heterocycles. The summed E-state index contributed by atoms with van der Waals surface area (Å²) in [6, 6.07) is 0. The summed E-state index contributed by atoms with van der Waals surface area (Å²) < 4.78 is 22.3. The Morgan fingerprint density at radius 3 is 2.21 bits per heavy atom. The molecular weight excluding hydrogens is 202 g/mol. The van der Waals surface area contributed by atoms with E-state index in [-0.39, 0.29) is 16.9 Å². The third-order valence-corrected chi connectivity index (χ3v) is 4.00. The SMILES string of the molecule is CC(C)(C=O)CN1CCS(=O)(=O)CC1. The summed E-state index contributed by atoms with van der Waals surface area (Å²) in [5, 5.41) is 0. The summed E-state index contributed by atoms with van der Waals surface area (Å²) in [7, 11) is -2.81. The fraction of sp³-hybridized carbons (Fsp3) is 0.889. The summed E-state index contributed by atoms with van der Waals surface area (Å²) in [5.74, 6) is 0.448. The minimum absolute atomic E-state index is 0.224. The van der Waals surface area contributed by atoms with E-state index in [0.717, 1.165) is 6.29 Å². The third kappa shape index (κ3) is 3.38. The van der Waals surface area contributed by atoms with Gasteiger partial charge in [-0.1, -0.05) is 13.8 Å². The van der Waals surface area contributed by atoms with Crippen LogP contribution in [-0.4, -0.2) is 50.7 Å². The number of aldehydes is 1. The van der Waals surface area contributed by atoms with E-state index in [4.69, 9.17) is 0 Å². The topological polar surface area (TPSA) is 54.5 Å². The van der Waals surface area contributed by atoms with E-state index in [2.05, 4.69) is 0 Å². The predicted molar refractivity (Wildman–Crippen MR) is 54.9 cm³/mol. The van der Waals surface area contributed by atoms with Crippen LogP contribution in [0.2, 0.25) is 0 Å². The number of sulfone groups is 1. The second-order valence-corrected chi connectivity index (χ2v) is 6.84. The van der Waals surface area contributed by atoms with Gasteiger partial charge in [-0.05, 0) is 0 Å². The van der Waals surface area contributed by atoms with E-state index in [1.54, 1.807) is 0 Å². The molecule has 0 saturated carbocycles. The highest BCUT2D eigenvalue weighted by Crippen LogP contribution is 2.15. The van der Waals surface area contributed by atoms with E-state index in [9.17, 15) is 13.2 Å². The average molecular weight is 219 g/mol. The van der Waals surface area contributed by atoms with Crippen LogP contribution in [0.3, 0.4) is 0 Å². The number of hydrogen-bond donors (Lipinski definition) is 0. The molecule has 0 spiro atoms. The number of carbonyl (C=O) groups excluding carboxylic acids is 1. The van der Waals surface area contributed by atoms with Gasteiger partial charge >= 0.3 is 0 Å². The number of nitrogens with zero attached hydrogens (tertiary/aromatic N) is 1. The van der Waals surface area contributed by atoms with Crippen molar-refractivity contribution in [3.8, 4) is 0 Å². The van der Waals surface area contributed by atoms with Crippen molar-refractivity contribution in [1.82, 2.24) is 4.90 Å². The van der Waals surface area contributed by atoms with Crippen LogP contribution in [0.5, 0.6) is 0 Å². The molecule has 1 saturated heterocycles. The Bertz CT molecular complexity index is 294. The highest BCUT2D eigenvalue weighted by molar-refractivity contribution is 7.91. The van der Waals surface area contributed by atoms with Crippen LogP contribution in [0, 0.1) is 5.41 Å². The molecule has 1 fully saturated rings. The second-order valence-electron chi connectivity index (χ2n) is 4.53. The molecule has 0 atom stereocenters. The summed E-state index contributed by atoms with van der Waals surface area (Å²) in [4.78, 5) is 12.7. The molecule has 0 aromatic carbocycles. The predicted octanol–water partition coefficient (Wildman–Crippen LogP) is -0.0581. The van der Waals surface area contributed by atoms with Crippen LogP contribution in [0.15, 0.2) is 0 Å². The molecule has 0 N–H and O–H groups in total. The molecule has 0 unspecified atom stereocenters. The van der Waals surface area contributed by atoms with E-state index >= 15 is 0 Å². The van der Waals surface area contributed by atoms with Crippen LogP contribution < -0.4 is 0 Å². The molecular formula is C9H17NO3S. The lowest BCUT2D eigenvalue weighted by Gasteiger charge is -2.31. The highest BCUT2D eigenvalue weighted by Gasteiger charge is 2.26. The van der Waals surface area contributed by atoms with Gasteiger partial charge in [0.2, 0.25) is 0 Å². The molecule has 0 amide bonds. The Morgan fingerprint density at radius 1 is 1.29 bits per heavy atom. The first-order chi connectivity index (χ1) is 6.35. The van der Waals surface area contributed by atoms with Crippen molar-refractivity contribution >= 4 is 16.1 Å². The van der Waals surface area contributed by atoms with Crippen LogP contribution in [0.4, 0.5) is 0 Å². The van der Waals surface area contributed by atoms with Crippen molar-refractivity contribution < 1.29 is 13.2 Å². The van der Waals surface area contributed by atoms with Crippen molar-refractivity contribution in [3.63, 3.8) is 0 Å². The van der Waals surface area contributed by atoms with Gasteiger partial charge in [0.15, 0.2) is 9.84 Å². The molecule has 1 aliphatic rings. The minimum Gasteiger partial charge on any atom is -0.303 e. The number of rotatable bonds is 3. The van der Waals surface area contributed by atoms with Crippen LogP contribution >= 0.6 is 0 Å². The van der Waals surface area contributed by atoms with Gasteiger partial charge < -0.3 is 9.69 Å². The van der Waals surface area contributed by atoms with Gasteiger partial charge in [-0.15, -0.1) is 0 Å². The molecule has 1 rings (SSSR count). The second kappa shape index (κ2) is 3.98. The lowest BCUT2D eigenvalue weighted by molar-refractivity contribution is -0.115. The Kier molecular flexibility index (Phi) is 3.32. The minimum atomic E-state index is -2.81. The number of carbonyl (C=O) groups is 1. The van der Waals surface area contributed by atoms with Gasteiger partial charge in [-0.2, -0.15) is 0 Å². The summed E-state index contributed by atoms with van der Waals surface area (Å²) in [5.41, 5.74) is -0.374. The van der Waals surface area contributed by atoms with Gasteiger partial charge in [-0.3, -0.25) is 0 Å². The van der Waals surface area contributed by atoms with Crippen molar-refractivity contribution in [1.29, 1.82) is 0 Å². The van der Waals surface area contributed by atoms with Crippen molar-refractivity contribution in [2.24, 2.45) is 5.41 Å². The third-order valence-electron chi connectivity index (χ3n) is 2.39. The first-order valence-electron chi connectivity index (χ1n) is 4.74. The molecule has 0 radical (unpaired) electrons. The van der Waals surface area contributed by atoms with Gasteiger partial charge in [0.25, 0.3) is 0 Å². The van der Waals surface area contributed by atoms with Gasteiger partial charge in [0, 0.05) is 25.0 Å². The van der Waals surface area contributed by atoms with Gasteiger partial charge in [0.05, 0.1) is 11.5 Å². The maximum Gasteiger partial charge on any atom is 0.152 e. The molecule has 4 nitrogen and oxygen atoms in total.